The lowest BCUT2D eigenvalue weighted by Gasteiger charge is -2.16. The van der Waals surface area contributed by atoms with Crippen LogP contribution in [0.4, 0.5) is 0 Å². The molecule has 0 unspecified atom stereocenters. The number of hydrogen-bond acceptors (Lipinski definition) is 4. The van der Waals surface area contributed by atoms with Gasteiger partial charge in [0, 0.05) is 18.0 Å². The second-order valence-corrected chi connectivity index (χ2v) is 8.76. The Balaban J connectivity index is 1.41. The van der Waals surface area contributed by atoms with Crippen LogP contribution in [0.15, 0.2) is 71.6 Å². The molecule has 0 radical (unpaired) electrons. The van der Waals surface area contributed by atoms with E-state index < -0.39 is 0 Å². The van der Waals surface area contributed by atoms with Crippen LogP contribution in [-0.2, 0) is 19.5 Å². The number of thiol groups is 1. The van der Waals surface area contributed by atoms with Crippen LogP contribution in [0.2, 0.25) is 0 Å². The lowest BCUT2D eigenvalue weighted by molar-refractivity contribution is 0.0764. The van der Waals surface area contributed by atoms with Crippen LogP contribution in [0.1, 0.15) is 33.5 Å². The molecular weight excluding hydrogens is 404 g/mol. The average Bonchev–Trinajstić information content (AvgIpc) is 3.05. The van der Waals surface area contributed by atoms with E-state index in [-0.39, 0.29) is 5.91 Å². The van der Waals surface area contributed by atoms with Crippen molar-refractivity contribution >= 4 is 18.5 Å². The molecule has 0 spiro atoms. The van der Waals surface area contributed by atoms with Gasteiger partial charge in [0.2, 0.25) is 0 Å². The third-order valence-electron chi connectivity index (χ3n) is 5.47. The Kier molecular flexibility index (Phi) is 6.64. The van der Waals surface area contributed by atoms with Crippen molar-refractivity contribution in [2.75, 3.05) is 20.6 Å². The van der Waals surface area contributed by atoms with E-state index in [0.29, 0.717) is 13.1 Å². The van der Waals surface area contributed by atoms with Crippen LogP contribution in [0.25, 0.3) is 0 Å². The maximum atomic E-state index is 13.0. The van der Waals surface area contributed by atoms with Gasteiger partial charge in [0.1, 0.15) is 11.5 Å². The quantitative estimate of drug-likeness (QED) is 0.483. The zero-order chi connectivity index (χ0) is 21.8. The first-order valence-electron chi connectivity index (χ1n) is 10.6. The first-order valence-corrected chi connectivity index (χ1v) is 11.0. The molecule has 0 aromatic heterocycles. The molecule has 1 aliphatic heterocycles. The number of hydrogen-bond donors (Lipinski definition) is 1. The van der Waals surface area contributed by atoms with Gasteiger partial charge in [-0.2, -0.15) is 0 Å². The van der Waals surface area contributed by atoms with Gasteiger partial charge >= 0.3 is 0 Å². The number of rotatable bonds is 8. The topological polar surface area (TPSA) is 32.8 Å². The summed E-state index contributed by atoms with van der Waals surface area (Å²) in [5, 5.41) is 0. The minimum atomic E-state index is 0.0597. The number of carbonyl (C=O) groups is 1. The summed E-state index contributed by atoms with van der Waals surface area (Å²) >= 11 is 4.63. The largest absolute Gasteiger partial charge is 0.457 e. The van der Waals surface area contributed by atoms with E-state index in [2.05, 4.69) is 43.8 Å². The number of aryl methyl sites for hydroxylation is 1. The van der Waals surface area contributed by atoms with Crippen molar-refractivity contribution in [1.82, 2.24) is 9.80 Å². The fraction of sp³-hybridized carbons (Fsp3) is 0.269. The first-order chi connectivity index (χ1) is 15.0. The molecule has 31 heavy (non-hydrogen) atoms. The minimum Gasteiger partial charge on any atom is -0.457 e. The molecule has 3 aromatic rings. The minimum absolute atomic E-state index is 0.0597. The van der Waals surface area contributed by atoms with E-state index in [0.717, 1.165) is 52.5 Å². The second-order valence-electron chi connectivity index (χ2n) is 8.28. The molecule has 0 aliphatic carbocycles. The Morgan fingerprint density at radius 2 is 1.68 bits per heavy atom. The molecule has 0 saturated heterocycles. The van der Waals surface area contributed by atoms with E-state index in [9.17, 15) is 4.79 Å². The van der Waals surface area contributed by atoms with E-state index in [4.69, 9.17) is 4.74 Å². The molecule has 1 heterocycles. The number of benzene rings is 3. The summed E-state index contributed by atoms with van der Waals surface area (Å²) in [5.41, 5.74) is 4.17. The highest BCUT2D eigenvalue weighted by Gasteiger charge is 2.29. The smallest absolute Gasteiger partial charge is 0.255 e. The van der Waals surface area contributed by atoms with Gasteiger partial charge in [-0.05, 0) is 80.5 Å². The number of fused-ring (bicyclic) bond motifs is 1. The molecule has 0 N–H and O–H groups in total. The lowest BCUT2D eigenvalue weighted by Crippen LogP contribution is -2.23. The summed E-state index contributed by atoms with van der Waals surface area (Å²) in [6, 6.07) is 21.9. The molecule has 0 saturated carbocycles. The highest BCUT2D eigenvalue weighted by atomic mass is 32.1. The molecule has 3 aromatic carbocycles. The molecule has 0 atom stereocenters. The molecule has 1 amide bonds. The monoisotopic (exact) mass is 432 g/mol. The Labute approximate surface area is 189 Å². The van der Waals surface area contributed by atoms with Gasteiger partial charge in [-0.15, -0.1) is 12.6 Å². The van der Waals surface area contributed by atoms with Crippen molar-refractivity contribution in [3.63, 3.8) is 0 Å². The predicted octanol–water partition coefficient (Wildman–Crippen LogP) is 5.42. The van der Waals surface area contributed by atoms with Gasteiger partial charge in [0.15, 0.2) is 0 Å². The van der Waals surface area contributed by atoms with Crippen LogP contribution >= 0.6 is 12.6 Å². The molecule has 0 bridgehead atoms. The van der Waals surface area contributed by atoms with Crippen molar-refractivity contribution in [2.24, 2.45) is 0 Å². The Morgan fingerprint density at radius 3 is 2.39 bits per heavy atom. The Bertz CT molecular complexity index is 1050. The van der Waals surface area contributed by atoms with Crippen molar-refractivity contribution in [2.45, 2.75) is 30.8 Å². The molecule has 0 fully saturated rings. The molecule has 4 nitrogen and oxygen atoms in total. The fourth-order valence-corrected chi connectivity index (χ4v) is 4.34. The van der Waals surface area contributed by atoms with Gasteiger partial charge in [-0.25, -0.2) is 0 Å². The zero-order valence-corrected chi connectivity index (χ0v) is 18.9. The molecule has 4 rings (SSSR count). The number of nitrogens with zero attached hydrogens (tertiary/aromatic N) is 2. The molecular formula is C26H28N2O2S. The van der Waals surface area contributed by atoms with E-state index in [1.165, 1.54) is 5.56 Å². The van der Waals surface area contributed by atoms with E-state index in [1.54, 1.807) is 0 Å². The van der Waals surface area contributed by atoms with Crippen LogP contribution < -0.4 is 4.74 Å². The maximum Gasteiger partial charge on any atom is 0.255 e. The third-order valence-corrected chi connectivity index (χ3v) is 5.82. The van der Waals surface area contributed by atoms with Gasteiger partial charge < -0.3 is 14.5 Å². The third kappa shape index (κ3) is 5.30. The van der Waals surface area contributed by atoms with Crippen molar-refractivity contribution in [1.29, 1.82) is 0 Å². The van der Waals surface area contributed by atoms with Gasteiger partial charge in [0.05, 0.1) is 5.56 Å². The Hall–Kier alpha value is -2.76. The van der Waals surface area contributed by atoms with E-state index >= 15 is 0 Å². The summed E-state index contributed by atoms with van der Waals surface area (Å²) < 4.78 is 5.86. The van der Waals surface area contributed by atoms with Gasteiger partial charge in [-0.3, -0.25) is 4.79 Å². The van der Waals surface area contributed by atoms with Crippen molar-refractivity contribution < 1.29 is 9.53 Å². The summed E-state index contributed by atoms with van der Waals surface area (Å²) in [6.45, 7) is 2.25. The van der Waals surface area contributed by atoms with Crippen LogP contribution in [0, 0.1) is 0 Å². The second kappa shape index (κ2) is 9.58. The number of carbonyl (C=O) groups excluding carboxylic acids is 1. The lowest BCUT2D eigenvalue weighted by atomic mass is 10.0. The molecule has 1 aliphatic rings. The summed E-state index contributed by atoms with van der Waals surface area (Å²) in [4.78, 5) is 17.9. The van der Waals surface area contributed by atoms with Crippen molar-refractivity contribution in [3.05, 3.63) is 89.0 Å². The number of para-hydroxylation sites is 1. The Morgan fingerprint density at radius 1 is 0.968 bits per heavy atom. The fourth-order valence-electron chi connectivity index (χ4n) is 3.94. The number of amides is 1. The molecule has 5 heteroatoms. The SMILES string of the molecule is CN(C)CCCc1cc(S)c2c(c1)CN(Cc1ccc(Oc3ccccc3)cc1)C2=O. The summed E-state index contributed by atoms with van der Waals surface area (Å²) in [7, 11) is 4.17. The van der Waals surface area contributed by atoms with Crippen LogP contribution in [0.3, 0.4) is 0 Å². The first kappa shape index (κ1) is 21.5. The van der Waals surface area contributed by atoms with Crippen LogP contribution in [-0.4, -0.2) is 36.3 Å². The van der Waals surface area contributed by atoms with Crippen molar-refractivity contribution in [3.8, 4) is 11.5 Å². The van der Waals surface area contributed by atoms with Gasteiger partial charge in [0.25, 0.3) is 5.91 Å². The predicted molar refractivity (Wildman–Crippen MR) is 127 cm³/mol. The standard InChI is InChI=1S/C26H28N2O2S/c1-27(2)14-6-7-20-15-21-18-28(26(29)25(21)24(31)16-20)17-19-10-12-23(13-11-19)30-22-8-4-3-5-9-22/h3-5,8-13,15-16,31H,6-7,14,17-18H2,1-2H3. The number of ether oxygens (including phenoxy) is 1. The normalized spacial score (nSPS) is 13.0. The zero-order valence-electron chi connectivity index (χ0n) is 18.0. The van der Waals surface area contributed by atoms with Gasteiger partial charge in [-0.1, -0.05) is 36.4 Å². The highest BCUT2D eigenvalue weighted by molar-refractivity contribution is 7.80. The maximum absolute atomic E-state index is 13.0. The summed E-state index contributed by atoms with van der Waals surface area (Å²) in [6.07, 6.45) is 2.09. The van der Waals surface area contributed by atoms with Crippen LogP contribution in [0.5, 0.6) is 11.5 Å². The summed E-state index contributed by atoms with van der Waals surface area (Å²) in [5.74, 6) is 1.65. The highest BCUT2D eigenvalue weighted by Crippen LogP contribution is 2.31. The van der Waals surface area contributed by atoms with E-state index in [1.807, 2.05) is 59.5 Å². The average molecular weight is 433 g/mol. The molecule has 160 valence electrons.